The van der Waals surface area contributed by atoms with Crippen LogP contribution in [0, 0.1) is 17.6 Å². The summed E-state index contributed by atoms with van der Waals surface area (Å²) in [6, 6.07) is 11.8. The Balaban J connectivity index is 1.88. The highest BCUT2D eigenvalue weighted by Gasteiger charge is 2.12. The number of esters is 1. The van der Waals surface area contributed by atoms with Gasteiger partial charge in [0.15, 0.2) is 6.61 Å². The van der Waals surface area contributed by atoms with Crippen LogP contribution in [0.5, 0.6) is 5.75 Å². The summed E-state index contributed by atoms with van der Waals surface area (Å²) in [6.45, 7) is 5.26. The van der Waals surface area contributed by atoms with Gasteiger partial charge < -0.3 is 14.8 Å². The maximum absolute atomic E-state index is 12.0. The van der Waals surface area contributed by atoms with E-state index in [9.17, 15) is 9.59 Å². The third kappa shape index (κ3) is 6.35. The van der Waals surface area contributed by atoms with Crippen molar-refractivity contribution in [2.24, 2.45) is 0 Å². The Hall–Kier alpha value is -2.98. The molecule has 2 aromatic carbocycles. The van der Waals surface area contributed by atoms with Crippen molar-refractivity contribution in [2.75, 3.05) is 11.9 Å². The molecule has 0 fully saturated rings. The second kappa shape index (κ2) is 9.64. The molecule has 0 saturated heterocycles. The predicted octanol–water partition coefficient (Wildman–Crippen LogP) is 4.15. The van der Waals surface area contributed by atoms with Crippen molar-refractivity contribution in [1.82, 2.24) is 0 Å². The van der Waals surface area contributed by atoms with Crippen LogP contribution in [0.15, 0.2) is 47.4 Å². The van der Waals surface area contributed by atoms with Crippen molar-refractivity contribution < 1.29 is 19.1 Å². The lowest BCUT2D eigenvalue weighted by Crippen LogP contribution is -2.21. The molecule has 0 aromatic heterocycles. The molecule has 0 aliphatic heterocycles. The molecule has 0 radical (unpaired) electrons. The van der Waals surface area contributed by atoms with Crippen molar-refractivity contribution >= 4 is 29.3 Å². The highest BCUT2D eigenvalue weighted by Crippen LogP contribution is 2.23. The van der Waals surface area contributed by atoms with Gasteiger partial charge in [-0.15, -0.1) is 0 Å². The Morgan fingerprint density at radius 3 is 2.48 bits per heavy atom. The maximum atomic E-state index is 12.0. The van der Waals surface area contributed by atoms with Crippen LogP contribution in [-0.2, 0) is 9.53 Å². The number of hydrogen-bond donors (Lipinski definition) is 1. The first-order chi connectivity index (χ1) is 12.9. The highest BCUT2D eigenvalue weighted by atomic mass is 32.2. The Kier molecular flexibility index (Phi) is 7.26. The first-order valence-corrected chi connectivity index (χ1v) is 9.11. The number of rotatable bonds is 7. The Labute approximate surface area is 162 Å². The number of ether oxygens (including phenoxy) is 2. The lowest BCUT2D eigenvalue weighted by atomic mass is 10.2. The lowest BCUT2D eigenvalue weighted by Gasteiger charge is -2.11. The molecule has 27 heavy (non-hydrogen) atoms. The quantitative estimate of drug-likeness (QED) is 0.438. The van der Waals surface area contributed by atoms with E-state index in [4.69, 9.17) is 14.7 Å². The summed E-state index contributed by atoms with van der Waals surface area (Å²) in [4.78, 5) is 24.9. The van der Waals surface area contributed by atoms with Crippen LogP contribution in [0.2, 0.25) is 0 Å². The molecule has 1 N–H and O–H groups in total. The number of nitrogens with zero attached hydrogens (tertiary/aromatic N) is 1. The van der Waals surface area contributed by atoms with Crippen LogP contribution < -0.4 is 10.1 Å². The van der Waals surface area contributed by atoms with Crippen molar-refractivity contribution in [1.29, 1.82) is 5.26 Å². The summed E-state index contributed by atoms with van der Waals surface area (Å²) in [7, 11) is 0. The number of thiocyanates is 1. The number of hydrogen-bond acceptors (Lipinski definition) is 6. The molecule has 7 heteroatoms. The minimum absolute atomic E-state index is 0.0440. The normalized spacial score (nSPS) is 10.2. The average Bonchev–Trinajstić information content (AvgIpc) is 2.62. The fourth-order valence-corrected chi connectivity index (χ4v) is 2.71. The lowest BCUT2D eigenvalue weighted by molar-refractivity contribution is -0.119. The van der Waals surface area contributed by atoms with Gasteiger partial charge in [0.05, 0.1) is 11.7 Å². The van der Waals surface area contributed by atoms with E-state index >= 15 is 0 Å². The van der Waals surface area contributed by atoms with E-state index in [1.807, 2.05) is 26.2 Å². The van der Waals surface area contributed by atoms with Gasteiger partial charge in [-0.3, -0.25) is 4.79 Å². The zero-order chi connectivity index (χ0) is 19.8. The average molecular weight is 384 g/mol. The van der Waals surface area contributed by atoms with Gasteiger partial charge in [-0.1, -0.05) is 0 Å². The number of aryl methyl sites for hydroxylation is 1. The van der Waals surface area contributed by atoms with E-state index < -0.39 is 18.5 Å². The number of nitrogens with one attached hydrogen (secondary N) is 1. The van der Waals surface area contributed by atoms with Crippen molar-refractivity contribution in [3.63, 3.8) is 0 Å². The number of thioether (sulfide) groups is 1. The SMILES string of the molecule is Cc1cc(SC#N)ccc1NC(=O)COC(=O)c1ccc(OC(C)C)cc1. The first kappa shape index (κ1) is 20.3. The van der Waals surface area contributed by atoms with Gasteiger partial charge in [-0.25, -0.2) is 4.79 Å². The fourth-order valence-electron chi connectivity index (χ4n) is 2.24. The maximum Gasteiger partial charge on any atom is 0.338 e. The highest BCUT2D eigenvalue weighted by molar-refractivity contribution is 8.03. The van der Waals surface area contributed by atoms with Crippen LogP contribution in [0.4, 0.5) is 5.69 Å². The molecule has 1 amide bonds. The smallest absolute Gasteiger partial charge is 0.338 e. The van der Waals surface area contributed by atoms with Gasteiger partial charge in [0.1, 0.15) is 11.2 Å². The molecule has 0 saturated carbocycles. The molecular weight excluding hydrogens is 364 g/mol. The molecule has 0 spiro atoms. The zero-order valence-corrected chi connectivity index (χ0v) is 16.1. The molecular formula is C20H20N2O4S. The minimum atomic E-state index is -0.585. The first-order valence-electron chi connectivity index (χ1n) is 8.29. The summed E-state index contributed by atoms with van der Waals surface area (Å²) in [5.74, 6) is -0.363. The predicted molar refractivity (Wildman–Crippen MR) is 104 cm³/mol. The van der Waals surface area contributed by atoms with Gasteiger partial charge in [-0.2, -0.15) is 5.26 Å². The van der Waals surface area contributed by atoms with E-state index in [2.05, 4.69) is 5.32 Å². The summed E-state index contributed by atoms with van der Waals surface area (Å²) in [5.41, 5.74) is 1.76. The minimum Gasteiger partial charge on any atom is -0.491 e. The number of benzene rings is 2. The molecule has 140 valence electrons. The molecule has 0 heterocycles. The van der Waals surface area contributed by atoms with Crippen LogP contribution in [0.25, 0.3) is 0 Å². The van der Waals surface area contributed by atoms with Gasteiger partial charge >= 0.3 is 5.97 Å². The molecule has 2 aromatic rings. The molecule has 0 bridgehead atoms. The molecule has 2 rings (SSSR count). The number of nitriles is 1. The van der Waals surface area contributed by atoms with Crippen LogP contribution in [0.3, 0.4) is 0 Å². The van der Waals surface area contributed by atoms with Crippen molar-refractivity contribution in [3.05, 3.63) is 53.6 Å². The number of anilines is 1. The van der Waals surface area contributed by atoms with Crippen LogP contribution in [0.1, 0.15) is 29.8 Å². The monoisotopic (exact) mass is 384 g/mol. The van der Waals surface area contributed by atoms with E-state index in [1.165, 1.54) is 0 Å². The molecule has 0 atom stereocenters. The molecule has 0 aliphatic carbocycles. The van der Waals surface area contributed by atoms with Gasteiger partial charge in [0, 0.05) is 10.6 Å². The Bertz CT molecular complexity index is 857. The molecule has 0 unspecified atom stereocenters. The van der Waals surface area contributed by atoms with Crippen molar-refractivity contribution in [2.45, 2.75) is 31.8 Å². The molecule has 0 aliphatic rings. The van der Waals surface area contributed by atoms with E-state index in [-0.39, 0.29) is 6.10 Å². The number of amides is 1. The van der Waals surface area contributed by atoms with E-state index in [0.29, 0.717) is 17.0 Å². The van der Waals surface area contributed by atoms with Gasteiger partial charge in [0.25, 0.3) is 5.91 Å². The molecule has 6 nitrogen and oxygen atoms in total. The third-order valence-corrected chi connectivity index (χ3v) is 4.01. The summed E-state index contributed by atoms with van der Waals surface area (Å²) < 4.78 is 10.6. The zero-order valence-electron chi connectivity index (χ0n) is 15.3. The number of carbonyl (C=O) groups excluding carboxylic acids is 2. The summed E-state index contributed by atoms with van der Waals surface area (Å²) >= 11 is 1.05. The van der Waals surface area contributed by atoms with Crippen LogP contribution in [-0.4, -0.2) is 24.6 Å². The summed E-state index contributed by atoms with van der Waals surface area (Å²) in [6.07, 6.45) is 0.0440. The largest absolute Gasteiger partial charge is 0.491 e. The van der Waals surface area contributed by atoms with E-state index in [1.54, 1.807) is 42.5 Å². The Morgan fingerprint density at radius 1 is 1.19 bits per heavy atom. The van der Waals surface area contributed by atoms with Gasteiger partial charge in [0.2, 0.25) is 0 Å². The second-order valence-electron chi connectivity index (χ2n) is 5.99. The number of carbonyl (C=O) groups is 2. The topological polar surface area (TPSA) is 88.4 Å². The summed E-state index contributed by atoms with van der Waals surface area (Å²) in [5, 5.41) is 13.4. The van der Waals surface area contributed by atoms with Gasteiger partial charge in [-0.05, 0) is 80.6 Å². The third-order valence-electron chi connectivity index (χ3n) is 3.43. The van der Waals surface area contributed by atoms with Crippen molar-refractivity contribution in [3.8, 4) is 11.2 Å². The standard InChI is InChI=1S/C20H20N2O4S/c1-13(2)26-16-6-4-15(5-7-16)20(24)25-11-19(23)22-18-9-8-17(27-12-21)10-14(18)3/h4-10,13H,11H2,1-3H3,(H,22,23). The van der Waals surface area contributed by atoms with Crippen LogP contribution >= 0.6 is 11.8 Å². The Morgan fingerprint density at radius 2 is 1.89 bits per heavy atom. The van der Waals surface area contributed by atoms with E-state index in [0.717, 1.165) is 22.2 Å². The fraction of sp³-hybridized carbons (Fsp3) is 0.250. The second-order valence-corrected chi connectivity index (χ2v) is 6.84.